The van der Waals surface area contributed by atoms with E-state index in [4.69, 9.17) is 5.73 Å². The summed E-state index contributed by atoms with van der Waals surface area (Å²) in [7, 11) is 0. The predicted molar refractivity (Wildman–Crippen MR) is 73.6 cm³/mol. The van der Waals surface area contributed by atoms with Crippen LogP contribution in [0.3, 0.4) is 0 Å². The maximum absolute atomic E-state index is 12.6. The van der Waals surface area contributed by atoms with E-state index in [2.05, 4.69) is 10.2 Å². The fraction of sp³-hybridized carbons (Fsp3) is 0.714. The van der Waals surface area contributed by atoms with Gasteiger partial charge in [0.25, 0.3) is 5.91 Å². The van der Waals surface area contributed by atoms with Crippen molar-refractivity contribution in [2.24, 2.45) is 5.92 Å². The molecule has 0 spiro atoms. The van der Waals surface area contributed by atoms with Gasteiger partial charge in [-0.15, -0.1) is 0 Å². The quantitative estimate of drug-likeness (QED) is 0.857. The fourth-order valence-electron chi connectivity index (χ4n) is 3.66. The molecule has 19 heavy (non-hydrogen) atoms. The second-order valence-electron chi connectivity index (χ2n) is 5.81. The number of hydrogen-bond acceptors (Lipinski definition) is 3. The fourth-order valence-corrected chi connectivity index (χ4v) is 3.66. The smallest absolute Gasteiger partial charge is 0.274 e. The van der Waals surface area contributed by atoms with E-state index in [0.29, 0.717) is 23.3 Å². The number of nitrogens with one attached hydrogen (secondary N) is 1. The van der Waals surface area contributed by atoms with E-state index < -0.39 is 0 Å². The van der Waals surface area contributed by atoms with Gasteiger partial charge < -0.3 is 10.6 Å². The Labute approximate surface area is 113 Å². The number of hydrogen-bond donors (Lipinski definition) is 2. The number of nitrogen functional groups attached to an aromatic ring is 1. The van der Waals surface area contributed by atoms with Crippen molar-refractivity contribution in [3.05, 3.63) is 11.9 Å². The van der Waals surface area contributed by atoms with E-state index in [1.807, 2.05) is 4.90 Å². The summed E-state index contributed by atoms with van der Waals surface area (Å²) in [5.74, 6) is 0.715. The molecule has 2 aliphatic rings. The SMILES string of the molecule is Nc1cn[nH]c1C(=O)N1CCCC1C1CCCCC1. The van der Waals surface area contributed by atoms with Crippen molar-refractivity contribution in [3.8, 4) is 0 Å². The van der Waals surface area contributed by atoms with Crippen molar-refractivity contribution in [3.63, 3.8) is 0 Å². The summed E-state index contributed by atoms with van der Waals surface area (Å²) in [4.78, 5) is 14.6. The zero-order chi connectivity index (χ0) is 13.2. The normalized spacial score (nSPS) is 24.8. The molecule has 104 valence electrons. The number of anilines is 1. The first-order valence-electron chi connectivity index (χ1n) is 7.37. The van der Waals surface area contributed by atoms with Gasteiger partial charge in [-0.3, -0.25) is 9.89 Å². The highest BCUT2D eigenvalue weighted by atomic mass is 16.2. The predicted octanol–water partition coefficient (Wildman–Crippen LogP) is 2.18. The van der Waals surface area contributed by atoms with Gasteiger partial charge in [0.2, 0.25) is 0 Å². The lowest BCUT2D eigenvalue weighted by Gasteiger charge is -2.33. The van der Waals surface area contributed by atoms with Crippen molar-refractivity contribution in [1.29, 1.82) is 0 Å². The first-order chi connectivity index (χ1) is 9.27. The zero-order valence-corrected chi connectivity index (χ0v) is 11.3. The highest BCUT2D eigenvalue weighted by Crippen LogP contribution is 2.35. The van der Waals surface area contributed by atoms with Crippen LogP contribution in [0.4, 0.5) is 5.69 Å². The molecule has 1 saturated heterocycles. The number of aromatic nitrogens is 2. The number of nitrogens with two attached hydrogens (primary N) is 1. The molecule has 2 heterocycles. The van der Waals surface area contributed by atoms with Gasteiger partial charge in [-0.1, -0.05) is 19.3 Å². The number of nitrogens with zero attached hydrogens (tertiary/aromatic N) is 2. The molecule has 5 nitrogen and oxygen atoms in total. The Morgan fingerprint density at radius 2 is 2.05 bits per heavy atom. The molecule has 1 aromatic heterocycles. The third-order valence-corrected chi connectivity index (χ3v) is 4.64. The average Bonchev–Trinajstić information content (AvgIpc) is 3.07. The minimum absolute atomic E-state index is 0.0306. The summed E-state index contributed by atoms with van der Waals surface area (Å²) >= 11 is 0. The van der Waals surface area contributed by atoms with Gasteiger partial charge in [0.15, 0.2) is 0 Å². The molecular formula is C14H22N4O. The van der Waals surface area contributed by atoms with Crippen LogP contribution in [0.15, 0.2) is 6.20 Å². The molecular weight excluding hydrogens is 240 g/mol. The summed E-state index contributed by atoms with van der Waals surface area (Å²) in [5, 5.41) is 6.59. The Bertz CT molecular complexity index is 450. The van der Waals surface area contributed by atoms with E-state index in [-0.39, 0.29) is 5.91 Å². The molecule has 0 aromatic carbocycles. The Balaban J connectivity index is 1.75. The number of aromatic amines is 1. The lowest BCUT2D eigenvalue weighted by Crippen LogP contribution is -2.41. The third kappa shape index (κ3) is 2.33. The third-order valence-electron chi connectivity index (χ3n) is 4.64. The van der Waals surface area contributed by atoms with Gasteiger partial charge in [-0.2, -0.15) is 5.10 Å². The minimum atomic E-state index is 0.0306. The van der Waals surface area contributed by atoms with Crippen molar-refractivity contribution < 1.29 is 4.79 Å². The van der Waals surface area contributed by atoms with Crippen molar-refractivity contribution in [1.82, 2.24) is 15.1 Å². The number of carbonyl (C=O) groups excluding carboxylic acids is 1. The molecule has 3 N–H and O–H groups in total. The monoisotopic (exact) mass is 262 g/mol. The average molecular weight is 262 g/mol. The van der Waals surface area contributed by atoms with Crippen LogP contribution in [0, 0.1) is 5.92 Å². The van der Waals surface area contributed by atoms with E-state index >= 15 is 0 Å². The van der Waals surface area contributed by atoms with Crippen LogP contribution >= 0.6 is 0 Å². The van der Waals surface area contributed by atoms with Gasteiger partial charge in [0, 0.05) is 12.6 Å². The lowest BCUT2D eigenvalue weighted by molar-refractivity contribution is 0.0656. The number of likely N-dealkylation sites (tertiary alicyclic amines) is 1. The largest absolute Gasteiger partial charge is 0.396 e. The van der Waals surface area contributed by atoms with Crippen LogP contribution in [-0.4, -0.2) is 33.6 Å². The van der Waals surface area contributed by atoms with Gasteiger partial charge >= 0.3 is 0 Å². The molecule has 2 fully saturated rings. The Hall–Kier alpha value is -1.52. The van der Waals surface area contributed by atoms with Gasteiger partial charge in [-0.25, -0.2) is 0 Å². The van der Waals surface area contributed by atoms with Gasteiger partial charge in [-0.05, 0) is 31.6 Å². The molecule has 1 aliphatic heterocycles. The highest BCUT2D eigenvalue weighted by Gasteiger charge is 2.36. The van der Waals surface area contributed by atoms with E-state index in [1.165, 1.54) is 38.3 Å². The summed E-state index contributed by atoms with van der Waals surface area (Å²) < 4.78 is 0. The van der Waals surface area contributed by atoms with E-state index in [9.17, 15) is 4.79 Å². The molecule has 1 aromatic rings. The molecule has 3 rings (SSSR count). The van der Waals surface area contributed by atoms with Crippen LogP contribution in [0.1, 0.15) is 55.4 Å². The molecule has 0 radical (unpaired) electrons. The number of rotatable bonds is 2. The first-order valence-corrected chi connectivity index (χ1v) is 7.37. The maximum Gasteiger partial charge on any atom is 0.274 e. The second kappa shape index (κ2) is 5.23. The van der Waals surface area contributed by atoms with Gasteiger partial charge in [0.05, 0.1) is 11.9 Å². The number of carbonyl (C=O) groups is 1. The Morgan fingerprint density at radius 1 is 1.26 bits per heavy atom. The van der Waals surface area contributed by atoms with Crippen LogP contribution in [0.2, 0.25) is 0 Å². The van der Waals surface area contributed by atoms with Crippen molar-refractivity contribution in [2.45, 2.75) is 51.0 Å². The number of amides is 1. The molecule has 1 saturated carbocycles. The second-order valence-corrected chi connectivity index (χ2v) is 5.81. The molecule has 5 heteroatoms. The summed E-state index contributed by atoms with van der Waals surface area (Å²) in [6.45, 7) is 0.860. The van der Waals surface area contributed by atoms with Crippen LogP contribution in [0.25, 0.3) is 0 Å². The Morgan fingerprint density at radius 3 is 2.74 bits per heavy atom. The van der Waals surface area contributed by atoms with E-state index in [0.717, 1.165) is 19.4 Å². The van der Waals surface area contributed by atoms with Crippen LogP contribution in [0.5, 0.6) is 0 Å². The molecule has 1 amide bonds. The molecule has 0 bridgehead atoms. The highest BCUT2D eigenvalue weighted by molar-refractivity contribution is 5.97. The topological polar surface area (TPSA) is 75.0 Å². The minimum Gasteiger partial charge on any atom is -0.396 e. The summed E-state index contributed by atoms with van der Waals surface area (Å²) in [5.41, 5.74) is 6.71. The Kier molecular flexibility index (Phi) is 3.44. The summed E-state index contributed by atoms with van der Waals surface area (Å²) in [6.07, 6.45) is 10.3. The number of H-pyrrole nitrogens is 1. The molecule has 1 atom stereocenters. The zero-order valence-electron chi connectivity index (χ0n) is 11.3. The lowest BCUT2D eigenvalue weighted by atomic mass is 9.83. The molecule has 1 aliphatic carbocycles. The maximum atomic E-state index is 12.6. The van der Waals surface area contributed by atoms with Crippen LogP contribution < -0.4 is 5.73 Å². The van der Waals surface area contributed by atoms with Gasteiger partial charge in [0.1, 0.15) is 5.69 Å². The summed E-state index contributed by atoms with van der Waals surface area (Å²) in [6, 6.07) is 0.412. The van der Waals surface area contributed by atoms with E-state index in [1.54, 1.807) is 0 Å². The first kappa shape index (κ1) is 12.5. The van der Waals surface area contributed by atoms with Crippen LogP contribution in [-0.2, 0) is 0 Å². The van der Waals surface area contributed by atoms with Crippen molar-refractivity contribution >= 4 is 11.6 Å². The standard InChI is InChI=1S/C14H22N4O/c15-11-9-16-17-13(11)14(19)18-8-4-7-12(18)10-5-2-1-3-6-10/h9-10,12H,1-8,15H2,(H,16,17). The van der Waals surface area contributed by atoms with Crippen molar-refractivity contribution in [2.75, 3.05) is 12.3 Å². The molecule has 1 unspecified atom stereocenters.